The van der Waals surface area contributed by atoms with Gasteiger partial charge in [0.1, 0.15) is 5.52 Å². The van der Waals surface area contributed by atoms with Crippen molar-refractivity contribution in [1.82, 2.24) is 4.98 Å². The molecule has 1 aromatic heterocycles. The third kappa shape index (κ3) is 1.41. The fourth-order valence-electron chi connectivity index (χ4n) is 0.972. The highest BCUT2D eigenvalue weighted by Crippen LogP contribution is 2.20. The topological polar surface area (TPSA) is 43.1 Å². The fourth-order valence-corrected chi connectivity index (χ4v) is 1.30. The Labute approximate surface area is 82.9 Å². The first-order valence-electron chi connectivity index (χ1n) is 3.43. The van der Waals surface area contributed by atoms with Crippen molar-refractivity contribution in [1.29, 1.82) is 0 Å². The average Bonchev–Trinajstić information content (AvgIpc) is 2.09. The van der Waals surface area contributed by atoms with E-state index in [9.17, 15) is 4.79 Å². The standard InChI is InChI=1S/C8H3Cl2NO2/c9-4-2-1-3-5-6(4)11-7(10)8(12)13-5/h1-3H. The second-order valence-electron chi connectivity index (χ2n) is 2.38. The van der Waals surface area contributed by atoms with Gasteiger partial charge >= 0.3 is 5.63 Å². The monoisotopic (exact) mass is 215 g/mol. The molecule has 1 heterocycles. The van der Waals surface area contributed by atoms with Gasteiger partial charge < -0.3 is 4.42 Å². The van der Waals surface area contributed by atoms with Gasteiger partial charge in [0.05, 0.1) is 5.02 Å². The summed E-state index contributed by atoms with van der Waals surface area (Å²) >= 11 is 11.3. The number of hydrogen-bond acceptors (Lipinski definition) is 3. The molecule has 0 spiro atoms. The van der Waals surface area contributed by atoms with Crippen molar-refractivity contribution in [3.63, 3.8) is 0 Å². The molecule has 0 atom stereocenters. The number of halogens is 2. The first-order valence-corrected chi connectivity index (χ1v) is 4.19. The Morgan fingerprint density at radius 3 is 2.85 bits per heavy atom. The van der Waals surface area contributed by atoms with E-state index >= 15 is 0 Å². The molecule has 0 N–H and O–H groups in total. The van der Waals surface area contributed by atoms with Gasteiger partial charge in [-0.25, -0.2) is 9.78 Å². The third-order valence-corrected chi connectivity index (χ3v) is 2.07. The van der Waals surface area contributed by atoms with E-state index < -0.39 is 5.63 Å². The lowest BCUT2D eigenvalue weighted by Gasteiger charge is -1.96. The van der Waals surface area contributed by atoms with Gasteiger partial charge in [-0.05, 0) is 12.1 Å². The molecular formula is C8H3Cl2NO2. The smallest absolute Gasteiger partial charge is 0.374 e. The average molecular weight is 216 g/mol. The van der Waals surface area contributed by atoms with Crippen molar-refractivity contribution in [2.24, 2.45) is 0 Å². The number of fused-ring (bicyclic) bond motifs is 1. The number of nitrogens with zero attached hydrogens (tertiary/aromatic N) is 1. The summed E-state index contributed by atoms with van der Waals surface area (Å²) in [7, 11) is 0. The van der Waals surface area contributed by atoms with Gasteiger partial charge in [-0.1, -0.05) is 29.3 Å². The fraction of sp³-hybridized carbons (Fsp3) is 0. The van der Waals surface area contributed by atoms with Crippen LogP contribution in [0.5, 0.6) is 0 Å². The predicted molar refractivity (Wildman–Crippen MR) is 50.3 cm³/mol. The number of aromatic nitrogens is 1. The molecular weight excluding hydrogens is 213 g/mol. The molecule has 0 bridgehead atoms. The van der Waals surface area contributed by atoms with Crippen LogP contribution in [0.2, 0.25) is 10.2 Å². The van der Waals surface area contributed by atoms with E-state index in [-0.39, 0.29) is 5.15 Å². The van der Waals surface area contributed by atoms with Crippen LogP contribution < -0.4 is 5.63 Å². The molecule has 0 fully saturated rings. The number of rotatable bonds is 0. The predicted octanol–water partition coefficient (Wildman–Crippen LogP) is 2.49. The van der Waals surface area contributed by atoms with Crippen molar-refractivity contribution >= 4 is 34.3 Å². The van der Waals surface area contributed by atoms with Gasteiger partial charge in [0.2, 0.25) is 5.15 Å². The lowest BCUT2D eigenvalue weighted by atomic mass is 10.3. The lowest BCUT2D eigenvalue weighted by molar-refractivity contribution is 0.555. The van der Waals surface area contributed by atoms with Crippen LogP contribution in [0.25, 0.3) is 11.1 Å². The van der Waals surface area contributed by atoms with Gasteiger partial charge in [-0.15, -0.1) is 0 Å². The van der Waals surface area contributed by atoms with E-state index in [0.29, 0.717) is 16.1 Å². The largest absolute Gasteiger partial charge is 0.419 e. The SMILES string of the molecule is O=c1oc2cccc(Cl)c2nc1Cl. The number of hydrogen-bond donors (Lipinski definition) is 0. The van der Waals surface area contributed by atoms with Crippen molar-refractivity contribution in [3.05, 3.63) is 38.8 Å². The van der Waals surface area contributed by atoms with Crippen molar-refractivity contribution < 1.29 is 4.42 Å². The van der Waals surface area contributed by atoms with Crippen molar-refractivity contribution in [3.8, 4) is 0 Å². The Morgan fingerprint density at radius 1 is 1.31 bits per heavy atom. The summed E-state index contributed by atoms with van der Waals surface area (Å²) in [5.41, 5.74) is 0.0760. The molecule has 0 saturated heterocycles. The van der Waals surface area contributed by atoms with Crippen LogP contribution in [0.4, 0.5) is 0 Å². The van der Waals surface area contributed by atoms with Crippen LogP contribution in [0.1, 0.15) is 0 Å². The highest BCUT2D eigenvalue weighted by Gasteiger charge is 2.06. The molecule has 2 rings (SSSR count). The Balaban J connectivity index is 2.97. The second-order valence-corrected chi connectivity index (χ2v) is 3.14. The molecule has 0 unspecified atom stereocenters. The molecule has 0 saturated carbocycles. The van der Waals surface area contributed by atoms with E-state index in [1.165, 1.54) is 0 Å². The Bertz CT molecular complexity index is 521. The summed E-state index contributed by atoms with van der Waals surface area (Å²) < 4.78 is 4.84. The van der Waals surface area contributed by atoms with E-state index in [1.54, 1.807) is 18.2 Å². The second kappa shape index (κ2) is 3.01. The first kappa shape index (κ1) is 8.53. The van der Waals surface area contributed by atoms with Gasteiger partial charge in [-0.3, -0.25) is 0 Å². The molecule has 66 valence electrons. The van der Waals surface area contributed by atoms with E-state index in [1.807, 2.05) is 0 Å². The van der Waals surface area contributed by atoms with E-state index in [2.05, 4.69) is 4.98 Å². The van der Waals surface area contributed by atoms with Gasteiger partial charge in [-0.2, -0.15) is 0 Å². The molecule has 5 heteroatoms. The molecule has 1 aromatic carbocycles. The van der Waals surface area contributed by atoms with Crippen molar-refractivity contribution in [2.45, 2.75) is 0 Å². The molecule has 3 nitrogen and oxygen atoms in total. The van der Waals surface area contributed by atoms with Gasteiger partial charge in [0.25, 0.3) is 0 Å². The summed E-state index contributed by atoms with van der Waals surface area (Å²) in [5, 5.41) is 0.198. The zero-order valence-corrected chi connectivity index (χ0v) is 7.76. The minimum atomic E-state index is -0.656. The van der Waals surface area contributed by atoms with E-state index in [4.69, 9.17) is 27.6 Å². The minimum absolute atomic E-state index is 0.208. The zero-order valence-electron chi connectivity index (χ0n) is 6.25. The summed E-state index contributed by atoms with van der Waals surface area (Å²) in [5.74, 6) is 0. The van der Waals surface area contributed by atoms with Crippen LogP contribution in [0, 0.1) is 0 Å². The molecule has 0 radical (unpaired) electrons. The van der Waals surface area contributed by atoms with E-state index in [0.717, 1.165) is 0 Å². The van der Waals surface area contributed by atoms with Crippen LogP contribution in [0.3, 0.4) is 0 Å². The summed E-state index contributed by atoms with van der Waals surface area (Å²) in [6, 6.07) is 4.92. The number of para-hydroxylation sites is 1. The minimum Gasteiger partial charge on any atom is -0.419 e. The maximum Gasteiger partial charge on any atom is 0.374 e. The molecule has 0 amide bonds. The van der Waals surface area contributed by atoms with Crippen LogP contribution in [-0.4, -0.2) is 4.98 Å². The summed E-state index contributed by atoms with van der Waals surface area (Å²) in [6.07, 6.45) is 0. The zero-order chi connectivity index (χ0) is 9.42. The quantitative estimate of drug-likeness (QED) is 0.679. The van der Waals surface area contributed by atoms with Gasteiger partial charge in [0, 0.05) is 0 Å². The lowest BCUT2D eigenvalue weighted by Crippen LogP contribution is -2.01. The number of benzene rings is 1. The molecule has 0 aliphatic carbocycles. The maximum atomic E-state index is 10.9. The molecule has 0 aliphatic rings. The summed E-state index contributed by atoms with van der Waals surface area (Å²) in [4.78, 5) is 14.7. The molecule has 13 heavy (non-hydrogen) atoms. The molecule has 2 aromatic rings. The Kier molecular flexibility index (Phi) is 1.98. The van der Waals surface area contributed by atoms with Gasteiger partial charge in [0.15, 0.2) is 5.58 Å². The Morgan fingerprint density at radius 2 is 2.08 bits per heavy atom. The van der Waals surface area contributed by atoms with Crippen molar-refractivity contribution in [2.75, 3.05) is 0 Å². The van der Waals surface area contributed by atoms with Crippen LogP contribution >= 0.6 is 23.2 Å². The normalized spacial score (nSPS) is 10.6. The Hall–Kier alpha value is -1.06. The summed E-state index contributed by atoms with van der Waals surface area (Å²) in [6.45, 7) is 0. The highest BCUT2D eigenvalue weighted by molar-refractivity contribution is 6.35. The highest BCUT2D eigenvalue weighted by atomic mass is 35.5. The maximum absolute atomic E-state index is 10.9. The first-order chi connectivity index (χ1) is 6.18. The van der Waals surface area contributed by atoms with Crippen LogP contribution in [0.15, 0.2) is 27.4 Å². The third-order valence-electron chi connectivity index (χ3n) is 1.53. The van der Waals surface area contributed by atoms with Crippen LogP contribution in [-0.2, 0) is 0 Å². The molecule has 0 aliphatic heterocycles.